The normalized spacial score (nSPS) is 11.0. The molecule has 2 aromatic heterocycles. The van der Waals surface area contributed by atoms with Crippen molar-refractivity contribution in [3.63, 3.8) is 0 Å². The second kappa shape index (κ2) is 2.63. The largest absolute Gasteiger partial charge is 0.277 e. The summed E-state index contributed by atoms with van der Waals surface area (Å²) in [5, 5.41) is 5.17. The van der Waals surface area contributed by atoms with E-state index in [0.29, 0.717) is 10.5 Å². The molecule has 0 aliphatic rings. The summed E-state index contributed by atoms with van der Waals surface area (Å²) in [6.45, 7) is 5.55. The van der Waals surface area contributed by atoms with E-state index in [2.05, 4.69) is 10.1 Å². The van der Waals surface area contributed by atoms with Gasteiger partial charge in [-0.05, 0) is 20.8 Å². The standard InChI is InChI=1S/C8H9N3OS/c1-4-5(2)11-8(9-7(4)12)13-6(3)10-11/h1-3H3. The van der Waals surface area contributed by atoms with E-state index in [0.717, 1.165) is 10.7 Å². The average molecular weight is 195 g/mol. The molecule has 0 amide bonds. The van der Waals surface area contributed by atoms with Crippen LogP contribution in [-0.4, -0.2) is 14.6 Å². The maximum Gasteiger partial charge on any atom is 0.277 e. The van der Waals surface area contributed by atoms with Gasteiger partial charge in [0.05, 0.1) is 5.69 Å². The maximum atomic E-state index is 11.3. The Morgan fingerprint density at radius 2 is 2.00 bits per heavy atom. The molecule has 4 nitrogen and oxygen atoms in total. The third kappa shape index (κ3) is 1.16. The zero-order valence-electron chi connectivity index (χ0n) is 7.66. The van der Waals surface area contributed by atoms with Crippen molar-refractivity contribution in [2.75, 3.05) is 0 Å². The maximum absolute atomic E-state index is 11.3. The van der Waals surface area contributed by atoms with Crippen molar-refractivity contribution < 1.29 is 0 Å². The number of aromatic nitrogens is 3. The highest BCUT2D eigenvalue weighted by atomic mass is 32.1. The van der Waals surface area contributed by atoms with Gasteiger partial charge in [0.25, 0.3) is 5.56 Å². The SMILES string of the molecule is Cc1nn2c(C)c(C)c(=O)nc2s1. The van der Waals surface area contributed by atoms with Crippen molar-refractivity contribution >= 4 is 16.3 Å². The molecule has 0 radical (unpaired) electrons. The van der Waals surface area contributed by atoms with Gasteiger partial charge in [0.1, 0.15) is 5.01 Å². The van der Waals surface area contributed by atoms with Crippen LogP contribution in [0.5, 0.6) is 0 Å². The molecule has 2 rings (SSSR count). The first-order valence-corrected chi connectivity index (χ1v) is 4.75. The highest BCUT2D eigenvalue weighted by Gasteiger charge is 2.07. The number of rotatable bonds is 0. The molecule has 0 N–H and O–H groups in total. The van der Waals surface area contributed by atoms with Gasteiger partial charge in [-0.1, -0.05) is 11.3 Å². The predicted octanol–water partition coefficient (Wildman–Crippen LogP) is 1.08. The van der Waals surface area contributed by atoms with E-state index in [-0.39, 0.29) is 5.56 Å². The van der Waals surface area contributed by atoms with E-state index < -0.39 is 0 Å². The van der Waals surface area contributed by atoms with Crippen LogP contribution in [0.15, 0.2) is 4.79 Å². The van der Waals surface area contributed by atoms with E-state index in [4.69, 9.17) is 0 Å². The summed E-state index contributed by atoms with van der Waals surface area (Å²) in [5.74, 6) is 0. The molecule has 0 bridgehead atoms. The van der Waals surface area contributed by atoms with Crippen molar-refractivity contribution in [2.24, 2.45) is 0 Å². The zero-order valence-corrected chi connectivity index (χ0v) is 8.47. The Morgan fingerprint density at radius 3 is 2.69 bits per heavy atom. The van der Waals surface area contributed by atoms with E-state index in [1.54, 1.807) is 11.4 Å². The van der Waals surface area contributed by atoms with Gasteiger partial charge in [-0.2, -0.15) is 10.1 Å². The van der Waals surface area contributed by atoms with Crippen LogP contribution in [0.4, 0.5) is 0 Å². The molecule has 0 aliphatic heterocycles. The van der Waals surface area contributed by atoms with Crippen molar-refractivity contribution in [1.29, 1.82) is 0 Å². The van der Waals surface area contributed by atoms with E-state index >= 15 is 0 Å². The molecular formula is C8H9N3OS. The third-order valence-electron chi connectivity index (χ3n) is 2.04. The van der Waals surface area contributed by atoms with Gasteiger partial charge in [-0.3, -0.25) is 4.79 Å². The smallest absolute Gasteiger partial charge is 0.267 e. The molecule has 2 heterocycles. The number of fused-ring (bicyclic) bond motifs is 1. The van der Waals surface area contributed by atoms with Crippen molar-refractivity contribution in [2.45, 2.75) is 20.8 Å². The van der Waals surface area contributed by atoms with Crippen LogP contribution in [0.2, 0.25) is 0 Å². The van der Waals surface area contributed by atoms with Gasteiger partial charge in [-0.25, -0.2) is 4.52 Å². The summed E-state index contributed by atoms with van der Waals surface area (Å²) in [6, 6.07) is 0. The molecule has 0 unspecified atom stereocenters. The fourth-order valence-corrected chi connectivity index (χ4v) is 1.93. The Kier molecular flexibility index (Phi) is 1.69. The summed E-state index contributed by atoms with van der Waals surface area (Å²) in [7, 11) is 0. The molecule has 0 fully saturated rings. The van der Waals surface area contributed by atoms with Gasteiger partial charge in [0.2, 0.25) is 4.96 Å². The number of aryl methyl sites for hydroxylation is 2. The lowest BCUT2D eigenvalue weighted by Gasteiger charge is -1.98. The minimum atomic E-state index is -0.152. The van der Waals surface area contributed by atoms with E-state index in [1.807, 2.05) is 13.8 Å². The van der Waals surface area contributed by atoms with Gasteiger partial charge >= 0.3 is 0 Å². The molecule has 0 saturated heterocycles. The first kappa shape index (κ1) is 8.37. The Labute approximate surface area is 78.9 Å². The molecule has 0 saturated carbocycles. The van der Waals surface area contributed by atoms with E-state index in [1.165, 1.54) is 11.3 Å². The van der Waals surface area contributed by atoms with Crippen LogP contribution in [-0.2, 0) is 0 Å². The third-order valence-corrected chi connectivity index (χ3v) is 2.86. The second-order valence-electron chi connectivity index (χ2n) is 2.94. The van der Waals surface area contributed by atoms with Crippen LogP contribution < -0.4 is 5.56 Å². The molecule has 2 aromatic rings. The van der Waals surface area contributed by atoms with Gasteiger partial charge < -0.3 is 0 Å². The predicted molar refractivity (Wildman–Crippen MR) is 51.3 cm³/mol. The summed E-state index contributed by atoms with van der Waals surface area (Å²) in [5.41, 5.74) is 1.39. The lowest BCUT2D eigenvalue weighted by atomic mass is 10.3. The second-order valence-corrected chi connectivity index (χ2v) is 4.10. The average Bonchev–Trinajstić information content (AvgIpc) is 2.42. The molecule has 68 valence electrons. The summed E-state index contributed by atoms with van der Waals surface area (Å²) < 4.78 is 1.72. The Balaban J connectivity index is 3.01. The fraction of sp³-hybridized carbons (Fsp3) is 0.375. The summed E-state index contributed by atoms with van der Waals surface area (Å²) in [4.78, 5) is 15.9. The van der Waals surface area contributed by atoms with Crippen LogP contribution >= 0.6 is 11.3 Å². The monoisotopic (exact) mass is 195 g/mol. The Hall–Kier alpha value is -1.23. The van der Waals surface area contributed by atoms with Gasteiger partial charge in [0, 0.05) is 5.56 Å². The quantitative estimate of drug-likeness (QED) is 0.632. The van der Waals surface area contributed by atoms with Crippen LogP contribution in [0, 0.1) is 20.8 Å². The lowest BCUT2D eigenvalue weighted by Crippen LogP contribution is -2.14. The number of hydrogen-bond donors (Lipinski definition) is 0. The summed E-state index contributed by atoms with van der Waals surface area (Å²) in [6.07, 6.45) is 0. The molecule has 0 atom stereocenters. The summed E-state index contributed by atoms with van der Waals surface area (Å²) >= 11 is 1.43. The molecule has 0 aliphatic carbocycles. The highest BCUT2D eigenvalue weighted by Crippen LogP contribution is 2.12. The van der Waals surface area contributed by atoms with Crippen LogP contribution in [0.25, 0.3) is 4.96 Å². The molecule has 0 aromatic carbocycles. The van der Waals surface area contributed by atoms with Crippen molar-refractivity contribution in [3.05, 3.63) is 26.6 Å². The van der Waals surface area contributed by atoms with Gasteiger partial charge in [0.15, 0.2) is 0 Å². The van der Waals surface area contributed by atoms with Crippen LogP contribution in [0.1, 0.15) is 16.3 Å². The minimum absolute atomic E-state index is 0.152. The molecular weight excluding hydrogens is 186 g/mol. The highest BCUT2D eigenvalue weighted by molar-refractivity contribution is 7.16. The van der Waals surface area contributed by atoms with E-state index in [9.17, 15) is 4.79 Å². The lowest BCUT2D eigenvalue weighted by molar-refractivity contribution is 0.856. The number of nitrogens with zero attached hydrogens (tertiary/aromatic N) is 3. The fourth-order valence-electron chi connectivity index (χ4n) is 1.15. The van der Waals surface area contributed by atoms with Crippen molar-refractivity contribution in [1.82, 2.24) is 14.6 Å². The molecule has 13 heavy (non-hydrogen) atoms. The first-order chi connectivity index (χ1) is 6.09. The topological polar surface area (TPSA) is 47.3 Å². The minimum Gasteiger partial charge on any atom is -0.267 e. The first-order valence-electron chi connectivity index (χ1n) is 3.93. The molecule has 0 spiro atoms. The number of hydrogen-bond acceptors (Lipinski definition) is 4. The van der Waals surface area contributed by atoms with Crippen molar-refractivity contribution in [3.8, 4) is 0 Å². The van der Waals surface area contributed by atoms with Crippen LogP contribution in [0.3, 0.4) is 0 Å². The van der Waals surface area contributed by atoms with Gasteiger partial charge in [-0.15, -0.1) is 0 Å². The zero-order chi connectivity index (χ0) is 9.59. The molecule has 5 heteroatoms. The Morgan fingerprint density at radius 1 is 1.31 bits per heavy atom. The Bertz CT molecular complexity index is 526.